The molecule has 14 aromatic rings. The third-order valence-electron chi connectivity index (χ3n) is 15.3. The number of benzene rings is 11. The van der Waals surface area contributed by atoms with E-state index < -0.39 is 0 Å². The molecule has 2 unspecified atom stereocenters. The van der Waals surface area contributed by atoms with Crippen molar-refractivity contribution in [3.8, 4) is 39.3 Å². The quantitative estimate of drug-likeness (QED) is 0.159. The highest BCUT2D eigenvalue weighted by Crippen LogP contribution is 2.41. The van der Waals surface area contributed by atoms with Gasteiger partial charge in [-0.25, -0.2) is 4.99 Å². The summed E-state index contributed by atoms with van der Waals surface area (Å²) in [6.45, 7) is 0. The summed E-state index contributed by atoms with van der Waals surface area (Å²) in [6.07, 6.45) is -0.324. The monoisotopic (exact) mass is 960 g/mol. The Kier molecular flexibility index (Phi) is 10.00. The lowest BCUT2D eigenvalue weighted by Crippen LogP contribution is -2.44. The molecular formula is C69H48N6. The number of para-hydroxylation sites is 4. The van der Waals surface area contributed by atoms with Crippen LogP contribution in [-0.2, 0) is 0 Å². The molecule has 75 heavy (non-hydrogen) atoms. The van der Waals surface area contributed by atoms with Crippen molar-refractivity contribution in [3.63, 3.8) is 0 Å². The van der Waals surface area contributed by atoms with E-state index in [1.165, 1.54) is 76.6 Å². The number of fused-ring (bicyclic) bond motifs is 9. The minimum atomic E-state index is -0.209. The summed E-state index contributed by atoms with van der Waals surface area (Å²) in [5, 5.41) is 14.8. The summed E-state index contributed by atoms with van der Waals surface area (Å²) in [6, 6.07) is 96.7. The van der Waals surface area contributed by atoms with Gasteiger partial charge in [-0.05, 0) is 143 Å². The zero-order valence-electron chi connectivity index (χ0n) is 40.8. The van der Waals surface area contributed by atoms with Crippen LogP contribution >= 0.6 is 0 Å². The van der Waals surface area contributed by atoms with Crippen LogP contribution in [-0.4, -0.2) is 19.5 Å². The van der Waals surface area contributed by atoms with Gasteiger partial charge in [-0.2, -0.15) is 0 Å². The Balaban J connectivity index is 0.881. The molecule has 0 spiro atoms. The molecule has 354 valence electrons. The average molecular weight is 961 g/mol. The molecule has 0 bridgehead atoms. The van der Waals surface area contributed by atoms with Gasteiger partial charge in [0.2, 0.25) is 0 Å². The van der Waals surface area contributed by atoms with E-state index in [-0.39, 0.29) is 12.3 Å². The summed E-state index contributed by atoms with van der Waals surface area (Å²) in [4.78, 5) is 5.26. The maximum atomic E-state index is 5.26. The molecule has 0 saturated carbocycles. The summed E-state index contributed by atoms with van der Waals surface area (Å²) in [7, 11) is 0. The molecule has 0 fully saturated rings. The number of nitrogens with one attached hydrogen (secondary N) is 2. The summed E-state index contributed by atoms with van der Waals surface area (Å²) in [5.74, 6) is 0.854. The van der Waals surface area contributed by atoms with Crippen molar-refractivity contribution in [2.75, 3.05) is 0 Å². The van der Waals surface area contributed by atoms with Crippen molar-refractivity contribution in [2.45, 2.75) is 12.3 Å². The molecule has 2 atom stereocenters. The number of hydrogen-bond donors (Lipinski definition) is 2. The van der Waals surface area contributed by atoms with E-state index in [0.717, 1.165) is 50.6 Å². The third-order valence-corrected chi connectivity index (χ3v) is 15.3. The van der Waals surface area contributed by atoms with Crippen LogP contribution in [0.4, 0.5) is 0 Å². The molecule has 1 aliphatic heterocycles. The van der Waals surface area contributed by atoms with Crippen LogP contribution in [0.2, 0.25) is 0 Å². The fraction of sp³-hybridized carbons (Fsp3) is 0.0290. The topological polar surface area (TPSA) is 51.2 Å². The lowest BCUT2D eigenvalue weighted by molar-refractivity contribution is 0.409. The second kappa shape index (κ2) is 17.5. The maximum Gasteiger partial charge on any atom is 0.131 e. The highest BCUT2D eigenvalue weighted by Gasteiger charge is 2.26. The Morgan fingerprint density at radius 2 is 0.613 bits per heavy atom. The highest BCUT2D eigenvalue weighted by atomic mass is 15.3. The van der Waals surface area contributed by atoms with Crippen molar-refractivity contribution < 1.29 is 0 Å². The van der Waals surface area contributed by atoms with Crippen molar-refractivity contribution in [3.05, 3.63) is 284 Å². The van der Waals surface area contributed by atoms with Crippen LogP contribution in [0, 0.1) is 0 Å². The molecule has 11 aromatic carbocycles. The molecule has 1 aliphatic rings. The lowest BCUT2D eigenvalue weighted by Gasteiger charge is -2.32. The van der Waals surface area contributed by atoms with Gasteiger partial charge in [0.15, 0.2) is 0 Å². The number of hydrogen-bond acceptors (Lipinski definition) is 3. The van der Waals surface area contributed by atoms with Gasteiger partial charge >= 0.3 is 0 Å². The first-order chi connectivity index (χ1) is 37.2. The fourth-order valence-corrected chi connectivity index (χ4v) is 11.8. The molecule has 3 aromatic heterocycles. The molecule has 0 saturated heterocycles. The van der Waals surface area contributed by atoms with E-state index in [4.69, 9.17) is 4.99 Å². The molecule has 0 radical (unpaired) electrons. The first-order valence-corrected chi connectivity index (χ1v) is 25.8. The molecule has 4 heterocycles. The van der Waals surface area contributed by atoms with Gasteiger partial charge in [0.1, 0.15) is 18.2 Å². The molecule has 0 aliphatic carbocycles. The maximum absolute atomic E-state index is 5.26. The second-order valence-electron chi connectivity index (χ2n) is 19.6. The Morgan fingerprint density at radius 3 is 1.05 bits per heavy atom. The molecular weight excluding hydrogens is 913 g/mol. The molecule has 2 N–H and O–H groups in total. The predicted molar refractivity (Wildman–Crippen MR) is 312 cm³/mol. The smallest absolute Gasteiger partial charge is 0.131 e. The minimum Gasteiger partial charge on any atom is -0.350 e. The average Bonchev–Trinajstić information content (AvgIpc) is 4.16. The number of amidine groups is 1. The SMILES string of the molecule is c1ccc(C2N=C(c3ccc(-n4c5ccc(-c6ccc7c(c6)c6ccccc6n7-c6ccccc6)cc5c5cc(-c6ccc7c(c6)c6ccccc6n7-c6ccccc6)ccc54)cc3)NC(c3ccccc3)N2)cc1. The van der Waals surface area contributed by atoms with E-state index in [1.54, 1.807) is 0 Å². The van der Waals surface area contributed by atoms with Gasteiger partial charge in [0.25, 0.3) is 0 Å². The van der Waals surface area contributed by atoms with Crippen molar-refractivity contribution in [1.29, 1.82) is 0 Å². The predicted octanol–water partition coefficient (Wildman–Crippen LogP) is 16.6. The standard InChI is InChI=1S/C69H48N6/c1-5-17-45(18-6-1)67-70-68(46-19-7-2-8-20-46)72-69(71-67)47-29-35-54(36-30-47)75-65-39-33-50(48-31-37-63-57(41-48)55-25-13-15-27-61(55)73(63)52-21-9-3-10-22-52)43-59(65)60-44-51(34-40-66(60)75)49-32-38-64-58(42-49)56-26-14-16-28-62(56)74(64)53-23-11-4-12-24-53/h1-44,67-68,70H,(H,71,72). The highest BCUT2D eigenvalue weighted by molar-refractivity contribution is 6.15. The Bertz CT molecular complexity index is 4300. The number of aliphatic imine (C=N–C) groups is 1. The summed E-state index contributed by atoms with van der Waals surface area (Å²) < 4.78 is 7.18. The third kappa shape index (κ3) is 7.18. The van der Waals surface area contributed by atoms with Crippen LogP contribution in [0.3, 0.4) is 0 Å². The zero-order chi connectivity index (χ0) is 49.4. The van der Waals surface area contributed by atoms with E-state index >= 15 is 0 Å². The van der Waals surface area contributed by atoms with E-state index in [9.17, 15) is 0 Å². The van der Waals surface area contributed by atoms with E-state index in [2.05, 4.69) is 291 Å². The van der Waals surface area contributed by atoms with Crippen LogP contribution in [0.1, 0.15) is 29.0 Å². The largest absolute Gasteiger partial charge is 0.350 e. The number of rotatable bonds is 8. The number of nitrogens with zero attached hydrogens (tertiary/aromatic N) is 4. The fourth-order valence-electron chi connectivity index (χ4n) is 11.8. The molecule has 6 nitrogen and oxygen atoms in total. The van der Waals surface area contributed by atoms with Gasteiger partial charge in [-0.15, -0.1) is 0 Å². The van der Waals surface area contributed by atoms with Gasteiger partial charge in [-0.3, -0.25) is 5.32 Å². The van der Waals surface area contributed by atoms with Crippen LogP contribution in [0.15, 0.2) is 272 Å². The molecule has 15 rings (SSSR count). The van der Waals surface area contributed by atoms with Crippen LogP contribution in [0.5, 0.6) is 0 Å². The van der Waals surface area contributed by atoms with Gasteiger partial charge in [-0.1, -0.05) is 158 Å². The van der Waals surface area contributed by atoms with Crippen molar-refractivity contribution in [1.82, 2.24) is 24.3 Å². The zero-order valence-corrected chi connectivity index (χ0v) is 40.8. The van der Waals surface area contributed by atoms with Gasteiger partial charge in [0, 0.05) is 54.9 Å². The second-order valence-corrected chi connectivity index (χ2v) is 19.6. The van der Waals surface area contributed by atoms with E-state index in [1.807, 2.05) is 0 Å². The summed E-state index contributed by atoms with van der Waals surface area (Å²) in [5.41, 5.74) is 18.5. The lowest BCUT2D eigenvalue weighted by atomic mass is 9.98. The number of aromatic nitrogens is 3. The van der Waals surface area contributed by atoms with Crippen LogP contribution in [0.25, 0.3) is 105 Å². The van der Waals surface area contributed by atoms with Gasteiger partial charge in [0.05, 0.1) is 33.1 Å². The van der Waals surface area contributed by atoms with Gasteiger partial charge < -0.3 is 19.0 Å². The normalized spacial score (nSPS) is 14.8. The van der Waals surface area contributed by atoms with Crippen LogP contribution < -0.4 is 10.6 Å². The summed E-state index contributed by atoms with van der Waals surface area (Å²) >= 11 is 0. The van der Waals surface area contributed by atoms with E-state index in [0.29, 0.717) is 0 Å². The first kappa shape index (κ1) is 42.9. The minimum absolute atomic E-state index is 0.115. The van der Waals surface area contributed by atoms with Crippen molar-refractivity contribution in [2.24, 2.45) is 4.99 Å². The Hall–Kier alpha value is -9.75. The Labute approximate surface area is 433 Å². The molecule has 0 amide bonds. The molecule has 6 heteroatoms. The first-order valence-electron chi connectivity index (χ1n) is 25.8. The Morgan fingerprint density at radius 1 is 0.280 bits per heavy atom. The van der Waals surface area contributed by atoms with Crippen molar-refractivity contribution >= 4 is 71.3 Å².